The second-order valence-electron chi connectivity index (χ2n) is 3.56. The average molecular weight is 265 g/mol. The first kappa shape index (κ1) is 10.6. The van der Waals surface area contributed by atoms with Gasteiger partial charge in [-0.15, -0.1) is 11.3 Å². The average Bonchev–Trinajstić information content (AvgIpc) is 2.97. The number of aromatic nitrogens is 3. The lowest BCUT2D eigenvalue weighted by atomic mass is 10.2. The largest absolute Gasteiger partial charge is 0.376 e. The van der Waals surface area contributed by atoms with Gasteiger partial charge in [0.2, 0.25) is 0 Å². The lowest BCUT2D eigenvalue weighted by Gasteiger charge is -2.07. The summed E-state index contributed by atoms with van der Waals surface area (Å²) in [5.74, 6) is 0. The van der Waals surface area contributed by atoms with Crippen molar-refractivity contribution in [2.75, 3.05) is 5.32 Å². The molecule has 86 valence electrons. The molecule has 0 bridgehead atoms. The molecule has 0 unspecified atom stereocenters. The minimum atomic E-state index is 0.649. The first-order chi connectivity index (χ1) is 8.34. The fourth-order valence-corrected chi connectivity index (χ4v) is 2.55. The van der Waals surface area contributed by atoms with Crippen LogP contribution in [0, 0.1) is 0 Å². The van der Waals surface area contributed by atoms with E-state index in [1.54, 1.807) is 17.5 Å². The molecule has 2 N–H and O–H groups in total. The predicted molar refractivity (Wildman–Crippen MR) is 70.5 cm³/mol. The van der Waals surface area contributed by atoms with Gasteiger partial charge in [-0.25, -0.2) is 4.98 Å². The standard InChI is InChI=1S/C11H9ClN4S/c12-8-1-2-9-11(14-6-17-9)10(8)13-5-7-3-4-15-16-7/h1-4,6,13H,5H2,(H,15,16). The minimum absolute atomic E-state index is 0.649. The van der Waals surface area contributed by atoms with Gasteiger partial charge in [0.15, 0.2) is 0 Å². The Kier molecular flexibility index (Phi) is 2.70. The molecule has 17 heavy (non-hydrogen) atoms. The number of H-pyrrole nitrogens is 1. The molecule has 0 aliphatic heterocycles. The van der Waals surface area contributed by atoms with Crippen LogP contribution in [0.25, 0.3) is 10.2 Å². The first-order valence-electron chi connectivity index (χ1n) is 5.08. The number of benzene rings is 1. The van der Waals surface area contributed by atoms with Gasteiger partial charge in [-0.05, 0) is 18.2 Å². The van der Waals surface area contributed by atoms with Gasteiger partial charge in [-0.2, -0.15) is 5.10 Å². The highest BCUT2D eigenvalue weighted by molar-refractivity contribution is 7.16. The van der Waals surface area contributed by atoms with Crippen LogP contribution in [0.1, 0.15) is 5.69 Å². The number of hydrogen-bond donors (Lipinski definition) is 2. The van der Waals surface area contributed by atoms with Crippen molar-refractivity contribution in [3.63, 3.8) is 0 Å². The van der Waals surface area contributed by atoms with E-state index < -0.39 is 0 Å². The van der Waals surface area contributed by atoms with Crippen LogP contribution < -0.4 is 5.32 Å². The van der Waals surface area contributed by atoms with Crippen molar-refractivity contribution < 1.29 is 0 Å². The van der Waals surface area contributed by atoms with E-state index in [0.29, 0.717) is 11.6 Å². The third-order valence-electron chi connectivity index (χ3n) is 2.47. The van der Waals surface area contributed by atoms with Gasteiger partial charge in [0.25, 0.3) is 0 Å². The minimum Gasteiger partial charge on any atom is -0.376 e. The highest BCUT2D eigenvalue weighted by Gasteiger charge is 2.08. The van der Waals surface area contributed by atoms with Crippen molar-refractivity contribution in [3.8, 4) is 0 Å². The fraction of sp³-hybridized carbons (Fsp3) is 0.0909. The van der Waals surface area contributed by atoms with Crippen molar-refractivity contribution in [2.24, 2.45) is 0 Å². The van der Waals surface area contributed by atoms with Crippen LogP contribution >= 0.6 is 22.9 Å². The molecule has 2 heterocycles. The number of nitrogens with one attached hydrogen (secondary N) is 2. The molecular weight excluding hydrogens is 256 g/mol. The Morgan fingerprint density at radius 2 is 2.29 bits per heavy atom. The number of hydrogen-bond acceptors (Lipinski definition) is 4. The highest BCUT2D eigenvalue weighted by atomic mass is 35.5. The summed E-state index contributed by atoms with van der Waals surface area (Å²) >= 11 is 7.78. The van der Waals surface area contributed by atoms with Gasteiger partial charge in [0.1, 0.15) is 5.52 Å². The number of aromatic amines is 1. The Bertz CT molecular complexity index is 632. The van der Waals surface area contributed by atoms with Crippen LogP contribution in [0.2, 0.25) is 5.02 Å². The SMILES string of the molecule is Clc1ccc2scnc2c1NCc1ccn[nH]1. The summed E-state index contributed by atoms with van der Waals surface area (Å²) in [7, 11) is 0. The van der Waals surface area contributed by atoms with Crippen molar-refractivity contribution >= 4 is 38.8 Å². The Balaban J connectivity index is 1.93. The maximum atomic E-state index is 6.18. The van der Waals surface area contributed by atoms with Crippen LogP contribution in [0.5, 0.6) is 0 Å². The third-order valence-corrected chi connectivity index (χ3v) is 3.57. The lowest BCUT2D eigenvalue weighted by molar-refractivity contribution is 0.982. The van der Waals surface area contributed by atoms with Crippen molar-refractivity contribution in [1.82, 2.24) is 15.2 Å². The van der Waals surface area contributed by atoms with Crippen LogP contribution in [-0.4, -0.2) is 15.2 Å². The molecule has 3 rings (SSSR count). The zero-order valence-electron chi connectivity index (χ0n) is 8.77. The monoisotopic (exact) mass is 264 g/mol. The molecule has 0 spiro atoms. The van der Waals surface area contributed by atoms with Crippen molar-refractivity contribution in [1.29, 1.82) is 0 Å². The molecule has 0 amide bonds. The number of fused-ring (bicyclic) bond motifs is 1. The Labute approximate surface area is 107 Å². The molecule has 4 nitrogen and oxygen atoms in total. The smallest absolute Gasteiger partial charge is 0.106 e. The molecule has 0 saturated heterocycles. The van der Waals surface area contributed by atoms with Crippen LogP contribution in [0.15, 0.2) is 29.9 Å². The topological polar surface area (TPSA) is 53.6 Å². The molecule has 1 aromatic carbocycles. The van der Waals surface area contributed by atoms with E-state index in [-0.39, 0.29) is 0 Å². The van der Waals surface area contributed by atoms with E-state index in [4.69, 9.17) is 11.6 Å². The summed E-state index contributed by atoms with van der Waals surface area (Å²) in [4.78, 5) is 4.33. The molecule has 2 aromatic heterocycles. The molecule has 0 saturated carbocycles. The van der Waals surface area contributed by atoms with E-state index in [0.717, 1.165) is 21.6 Å². The van der Waals surface area contributed by atoms with Gasteiger partial charge in [-0.3, -0.25) is 5.10 Å². The highest BCUT2D eigenvalue weighted by Crippen LogP contribution is 2.32. The van der Waals surface area contributed by atoms with Gasteiger partial charge < -0.3 is 5.32 Å². The van der Waals surface area contributed by atoms with Crippen molar-refractivity contribution in [3.05, 3.63) is 40.6 Å². The maximum Gasteiger partial charge on any atom is 0.106 e. The zero-order chi connectivity index (χ0) is 11.7. The molecule has 0 aliphatic rings. The van der Waals surface area contributed by atoms with E-state index >= 15 is 0 Å². The first-order valence-corrected chi connectivity index (χ1v) is 6.34. The predicted octanol–water partition coefficient (Wildman–Crippen LogP) is 3.28. The van der Waals surface area contributed by atoms with Crippen LogP contribution in [0.3, 0.4) is 0 Å². The third kappa shape index (κ3) is 1.99. The summed E-state index contributed by atoms with van der Waals surface area (Å²) in [6.45, 7) is 0.649. The summed E-state index contributed by atoms with van der Waals surface area (Å²) in [5, 5.41) is 10.8. The molecular formula is C11H9ClN4S. The van der Waals surface area contributed by atoms with E-state index in [2.05, 4.69) is 20.5 Å². The molecule has 0 aliphatic carbocycles. The molecule has 3 aromatic rings. The zero-order valence-corrected chi connectivity index (χ0v) is 10.3. The van der Waals surface area contributed by atoms with Crippen LogP contribution in [-0.2, 0) is 6.54 Å². The quantitative estimate of drug-likeness (QED) is 0.763. The Morgan fingerprint density at radius 3 is 3.12 bits per heavy atom. The number of anilines is 1. The Hall–Kier alpha value is -1.59. The van der Waals surface area contributed by atoms with Gasteiger partial charge in [0, 0.05) is 6.20 Å². The van der Waals surface area contributed by atoms with Gasteiger partial charge >= 0.3 is 0 Å². The van der Waals surface area contributed by atoms with Crippen LogP contribution in [0.4, 0.5) is 5.69 Å². The summed E-state index contributed by atoms with van der Waals surface area (Å²) in [6, 6.07) is 5.79. The molecule has 0 atom stereocenters. The Morgan fingerprint density at radius 1 is 1.35 bits per heavy atom. The molecule has 0 fully saturated rings. The van der Waals surface area contributed by atoms with E-state index in [1.807, 2.05) is 23.7 Å². The molecule has 0 radical (unpaired) electrons. The second-order valence-corrected chi connectivity index (χ2v) is 4.85. The van der Waals surface area contributed by atoms with E-state index in [9.17, 15) is 0 Å². The van der Waals surface area contributed by atoms with E-state index in [1.165, 1.54) is 0 Å². The maximum absolute atomic E-state index is 6.18. The van der Waals surface area contributed by atoms with Crippen molar-refractivity contribution in [2.45, 2.75) is 6.54 Å². The number of rotatable bonds is 3. The number of halogens is 1. The van der Waals surface area contributed by atoms with Gasteiger partial charge in [-0.1, -0.05) is 11.6 Å². The second kappa shape index (κ2) is 4.35. The lowest BCUT2D eigenvalue weighted by Crippen LogP contribution is -2.01. The number of thiazole rings is 1. The summed E-state index contributed by atoms with van der Waals surface area (Å²) in [5.41, 5.74) is 4.62. The summed E-state index contributed by atoms with van der Waals surface area (Å²) < 4.78 is 1.13. The number of nitrogens with zero attached hydrogens (tertiary/aromatic N) is 2. The summed E-state index contributed by atoms with van der Waals surface area (Å²) in [6.07, 6.45) is 1.72. The van der Waals surface area contributed by atoms with Gasteiger partial charge in [0.05, 0.1) is 33.2 Å². The molecule has 6 heteroatoms. The normalized spacial score (nSPS) is 10.9. The fourth-order valence-electron chi connectivity index (χ4n) is 1.64.